The lowest BCUT2D eigenvalue weighted by Crippen LogP contribution is -3.05. The van der Waals surface area contributed by atoms with Crippen molar-refractivity contribution in [3.63, 3.8) is 0 Å². The van der Waals surface area contributed by atoms with Crippen molar-refractivity contribution < 1.29 is 9.69 Å². The number of thioether (sulfide) groups is 1. The number of benzene rings is 1. The molecule has 2 N–H and O–H groups in total. The number of hydrogen-bond donors (Lipinski definition) is 2. The summed E-state index contributed by atoms with van der Waals surface area (Å²) >= 11 is 1.38. The van der Waals surface area contributed by atoms with Crippen LogP contribution >= 0.6 is 11.8 Å². The summed E-state index contributed by atoms with van der Waals surface area (Å²) in [5.74, 6) is 0.171. The number of carbonyl (C=O) groups excluding carboxylic acids is 1. The van der Waals surface area contributed by atoms with Gasteiger partial charge in [-0.25, -0.2) is 4.79 Å². The molecular formula is C22H31N4O2S+. The van der Waals surface area contributed by atoms with Gasteiger partial charge in [0, 0.05) is 29.9 Å². The van der Waals surface area contributed by atoms with E-state index in [2.05, 4.69) is 24.4 Å². The van der Waals surface area contributed by atoms with Gasteiger partial charge in [0.25, 0.3) is 0 Å². The van der Waals surface area contributed by atoms with E-state index in [1.54, 1.807) is 0 Å². The molecule has 1 amide bonds. The third kappa shape index (κ3) is 5.93. The molecule has 3 rings (SSSR count). The van der Waals surface area contributed by atoms with E-state index >= 15 is 0 Å². The summed E-state index contributed by atoms with van der Waals surface area (Å²) in [6, 6.07) is 7.74. The van der Waals surface area contributed by atoms with E-state index in [-0.39, 0.29) is 17.3 Å². The van der Waals surface area contributed by atoms with Gasteiger partial charge in [-0.05, 0) is 44.7 Å². The molecule has 0 saturated carbocycles. The highest BCUT2D eigenvalue weighted by molar-refractivity contribution is 8.00. The molecule has 0 aliphatic heterocycles. The van der Waals surface area contributed by atoms with Crippen LogP contribution in [0.1, 0.15) is 36.1 Å². The van der Waals surface area contributed by atoms with E-state index < -0.39 is 0 Å². The number of fused-ring (bicyclic) bond motifs is 1. The first-order chi connectivity index (χ1) is 13.9. The largest absolute Gasteiger partial charge is 0.348 e. The molecule has 0 spiro atoms. The third-order valence-electron chi connectivity index (χ3n) is 5.18. The van der Waals surface area contributed by atoms with Crippen LogP contribution in [0.15, 0.2) is 34.1 Å². The summed E-state index contributed by atoms with van der Waals surface area (Å²) in [5.41, 5.74) is 4.06. The molecule has 2 aromatic rings. The van der Waals surface area contributed by atoms with Gasteiger partial charge in [0.2, 0.25) is 5.91 Å². The topological polar surface area (TPSA) is 68.4 Å². The summed E-state index contributed by atoms with van der Waals surface area (Å²) in [7, 11) is 4.25. The summed E-state index contributed by atoms with van der Waals surface area (Å²) in [6.07, 6.45) is 5.03. The summed E-state index contributed by atoms with van der Waals surface area (Å²) in [5, 5.41) is 3.65. The number of nitrogens with zero attached hydrogens (tertiary/aromatic N) is 2. The molecule has 29 heavy (non-hydrogen) atoms. The number of carbonyl (C=O) groups is 1. The maximum absolute atomic E-state index is 12.7. The number of rotatable bonds is 8. The van der Waals surface area contributed by atoms with E-state index in [0.717, 1.165) is 67.2 Å². The number of aryl methyl sites for hydroxylation is 1. The van der Waals surface area contributed by atoms with Gasteiger partial charge >= 0.3 is 5.69 Å². The van der Waals surface area contributed by atoms with Gasteiger partial charge in [-0.15, -0.1) is 0 Å². The molecule has 1 heterocycles. The second-order valence-electron chi connectivity index (χ2n) is 8.00. The Bertz CT molecular complexity index is 906. The van der Waals surface area contributed by atoms with E-state index in [9.17, 15) is 9.59 Å². The van der Waals surface area contributed by atoms with Crippen molar-refractivity contribution in [2.75, 3.05) is 31.7 Å². The predicted octanol–water partition coefficient (Wildman–Crippen LogP) is 1.70. The second kappa shape index (κ2) is 10.1. The normalized spacial score (nSPS) is 13.4. The SMILES string of the molecule is Cc1ccc(NC(=O)CSc2nc(=O)n(CCC[NH+](C)C)c3c2CCCC3)cc1. The smallest absolute Gasteiger partial charge is 0.340 e. The first kappa shape index (κ1) is 21.6. The summed E-state index contributed by atoms with van der Waals surface area (Å²) in [4.78, 5) is 30.8. The molecule has 7 heteroatoms. The molecular weight excluding hydrogens is 384 g/mol. The Morgan fingerprint density at radius 1 is 1.21 bits per heavy atom. The van der Waals surface area contributed by atoms with Gasteiger partial charge in [-0.1, -0.05) is 29.5 Å². The predicted molar refractivity (Wildman–Crippen MR) is 118 cm³/mol. The zero-order chi connectivity index (χ0) is 20.8. The lowest BCUT2D eigenvalue weighted by atomic mass is 9.97. The molecule has 1 aliphatic carbocycles. The minimum atomic E-state index is -0.180. The molecule has 0 radical (unpaired) electrons. The zero-order valence-corrected chi connectivity index (χ0v) is 18.4. The molecule has 0 unspecified atom stereocenters. The Kier molecular flexibility index (Phi) is 7.50. The van der Waals surface area contributed by atoms with Crippen LogP contribution in [-0.2, 0) is 24.2 Å². The molecule has 6 nitrogen and oxygen atoms in total. The van der Waals surface area contributed by atoms with Crippen LogP contribution in [0.5, 0.6) is 0 Å². The average Bonchev–Trinajstić information content (AvgIpc) is 2.69. The van der Waals surface area contributed by atoms with Gasteiger partial charge < -0.3 is 10.2 Å². The molecule has 1 aromatic carbocycles. The van der Waals surface area contributed by atoms with Crippen LogP contribution in [-0.4, -0.2) is 41.9 Å². The zero-order valence-electron chi connectivity index (χ0n) is 17.6. The molecule has 0 atom stereocenters. The van der Waals surface area contributed by atoms with Crippen molar-refractivity contribution in [3.05, 3.63) is 51.6 Å². The lowest BCUT2D eigenvalue weighted by molar-refractivity contribution is -0.858. The molecule has 0 saturated heterocycles. The van der Waals surface area contributed by atoms with Crippen molar-refractivity contribution in [2.24, 2.45) is 0 Å². The summed E-state index contributed by atoms with van der Waals surface area (Å²) < 4.78 is 1.87. The minimum Gasteiger partial charge on any atom is -0.340 e. The van der Waals surface area contributed by atoms with Crippen LogP contribution in [0.2, 0.25) is 0 Å². The Morgan fingerprint density at radius 3 is 2.66 bits per heavy atom. The maximum Gasteiger partial charge on any atom is 0.348 e. The maximum atomic E-state index is 12.7. The van der Waals surface area contributed by atoms with Crippen LogP contribution in [0, 0.1) is 6.92 Å². The Labute approximate surface area is 176 Å². The minimum absolute atomic E-state index is 0.0802. The fourth-order valence-electron chi connectivity index (χ4n) is 3.66. The Balaban J connectivity index is 1.70. The number of amides is 1. The molecule has 0 fully saturated rings. The molecule has 0 bridgehead atoms. The van der Waals surface area contributed by atoms with Gasteiger partial charge in [0.1, 0.15) is 5.03 Å². The fraction of sp³-hybridized carbons (Fsp3) is 0.500. The van der Waals surface area contributed by atoms with Crippen molar-refractivity contribution in [1.82, 2.24) is 9.55 Å². The summed E-state index contributed by atoms with van der Waals surface area (Å²) in [6.45, 7) is 3.76. The van der Waals surface area contributed by atoms with Crippen LogP contribution in [0.3, 0.4) is 0 Å². The first-order valence-corrected chi connectivity index (χ1v) is 11.3. The van der Waals surface area contributed by atoms with E-state index in [0.29, 0.717) is 0 Å². The van der Waals surface area contributed by atoms with Crippen molar-refractivity contribution in [2.45, 2.75) is 50.6 Å². The third-order valence-corrected chi connectivity index (χ3v) is 6.20. The number of hydrogen-bond acceptors (Lipinski definition) is 4. The van der Waals surface area contributed by atoms with E-state index in [1.807, 2.05) is 35.8 Å². The molecule has 1 aliphatic rings. The molecule has 156 valence electrons. The van der Waals surface area contributed by atoms with Crippen molar-refractivity contribution in [3.8, 4) is 0 Å². The van der Waals surface area contributed by atoms with Gasteiger partial charge in [0.15, 0.2) is 0 Å². The fourth-order valence-corrected chi connectivity index (χ4v) is 4.53. The lowest BCUT2D eigenvalue weighted by Gasteiger charge is -2.22. The Morgan fingerprint density at radius 2 is 1.93 bits per heavy atom. The van der Waals surface area contributed by atoms with Gasteiger partial charge in [-0.3, -0.25) is 9.36 Å². The number of aromatic nitrogens is 2. The number of anilines is 1. The van der Waals surface area contributed by atoms with Crippen molar-refractivity contribution >= 4 is 23.4 Å². The van der Waals surface area contributed by atoms with Crippen LogP contribution in [0.4, 0.5) is 5.69 Å². The van der Waals surface area contributed by atoms with Gasteiger partial charge in [0.05, 0.1) is 26.4 Å². The van der Waals surface area contributed by atoms with Gasteiger partial charge in [-0.2, -0.15) is 4.98 Å². The van der Waals surface area contributed by atoms with E-state index in [4.69, 9.17) is 0 Å². The Hall–Kier alpha value is -2.12. The highest BCUT2D eigenvalue weighted by Crippen LogP contribution is 2.28. The highest BCUT2D eigenvalue weighted by atomic mass is 32.2. The highest BCUT2D eigenvalue weighted by Gasteiger charge is 2.21. The second-order valence-corrected chi connectivity index (χ2v) is 8.96. The molecule has 1 aromatic heterocycles. The average molecular weight is 416 g/mol. The number of nitrogens with one attached hydrogen (secondary N) is 2. The standard InChI is InChI=1S/C22H30N4O2S/c1-16-9-11-17(12-10-16)23-20(27)15-29-21-18-7-4-5-8-19(18)26(22(28)24-21)14-6-13-25(2)3/h9-12H,4-8,13-15H2,1-3H3,(H,23,27)/p+1. The van der Waals surface area contributed by atoms with E-state index in [1.165, 1.54) is 22.2 Å². The number of quaternary nitrogens is 1. The van der Waals surface area contributed by atoms with Crippen molar-refractivity contribution in [1.29, 1.82) is 0 Å². The van der Waals surface area contributed by atoms with Crippen LogP contribution < -0.4 is 15.9 Å². The van der Waals surface area contributed by atoms with Crippen LogP contribution in [0.25, 0.3) is 0 Å². The first-order valence-electron chi connectivity index (χ1n) is 10.3. The monoisotopic (exact) mass is 415 g/mol. The quantitative estimate of drug-likeness (QED) is 0.509.